The number of rotatable bonds is 2. The number of aromatic nitrogens is 2. The van der Waals surface area contributed by atoms with Crippen LogP contribution in [0.4, 0.5) is 4.79 Å². The number of nitrogens with zero attached hydrogens (tertiary/aromatic N) is 2. The van der Waals surface area contributed by atoms with Gasteiger partial charge in [-0.1, -0.05) is 0 Å². The van der Waals surface area contributed by atoms with Crippen LogP contribution in [0, 0.1) is 0 Å². The molecule has 7 nitrogen and oxygen atoms in total. The van der Waals surface area contributed by atoms with E-state index in [-0.39, 0.29) is 17.8 Å². The van der Waals surface area contributed by atoms with Crippen LogP contribution in [0.2, 0.25) is 0 Å². The molecule has 2 rings (SSSR count). The molecule has 0 bridgehead atoms. The Morgan fingerprint density at radius 1 is 1.43 bits per heavy atom. The Balaban J connectivity index is 2.18. The number of carbonyl (C=O) groups excluding carboxylic acids is 2. The number of ether oxygens (including phenoxy) is 1. The maximum Gasteiger partial charge on any atom is 0.410 e. The number of primary amides is 1. The van der Waals surface area contributed by atoms with Crippen molar-refractivity contribution in [1.29, 1.82) is 0 Å². The lowest BCUT2D eigenvalue weighted by Crippen LogP contribution is -2.42. The van der Waals surface area contributed by atoms with Gasteiger partial charge in [0, 0.05) is 6.54 Å². The molecule has 2 amide bonds. The lowest BCUT2D eigenvalue weighted by Gasteiger charge is -2.36. The number of hydrogen-bond acceptors (Lipinski definition) is 4. The molecule has 7 heteroatoms. The molecule has 0 unspecified atom stereocenters. The minimum absolute atomic E-state index is 0.158. The number of aromatic amines is 1. The second-order valence-electron chi connectivity index (χ2n) is 6.26. The van der Waals surface area contributed by atoms with Gasteiger partial charge in [-0.3, -0.25) is 14.8 Å². The molecule has 1 saturated heterocycles. The molecule has 1 fully saturated rings. The van der Waals surface area contributed by atoms with Crippen molar-refractivity contribution in [2.45, 2.75) is 51.7 Å². The first-order valence-corrected chi connectivity index (χ1v) is 7.12. The van der Waals surface area contributed by atoms with Gasteiger partial charge in [-0.25, -0.2) is 4.79 Å². The van der Waals surface area contributed by atoms with Crippen LogP contribution < -0.4 is 5.73 Å². The van der Waals surface area contributed by atoms with Crippen molar-refractivity contribution in [3.05, 3.63) is 17.5 Å². The third-order valence-corrected chi connectivity index (χ3v) is 3.34. The van der Waals surface area contributed by atoms with Gasteiger partial charge in [0.25, 0.3) is 5.91 Å². The lowest BCUT2D eigenvalue weighted by molar-refractivity contribution is 0.00900. The van der Waals surface area contributed by atoms with E-state index in [0.29, 0.717) is 12.2 Å². The molecular weight excluding hydrogens is 272 g/mol. The van der Waals surface area contributed by atoms with E-state index in [9.17, 15) is 9.59 Å². The van der Waals surface area contributed by atoms with Crippen LogP contribution in [-0.2, 0) is 4.74 Å². The van der Waals surface area contributed by atoms with Crippen molar-refractivity contribution >= 4 is 12.0 Å². The number of H-pyrrole nitrogens is 1. The Bertz CT molecular complexity index is 533. The van der Waals surface area contributed by atoms with Crippen molar-refractivity contribution in [2.24, 2.45) is 5.73 Å². The minimum atomic E-state index is -0.586. The van der Waals surface area contributed by atoms with E-state index in [2.05, 4.69) is 10.2 Å². The Hall–Kier alpha value is -2.05. The normalized spacial score (nSPS) is 19.4. The molecule has 1 aliphatic rings. The molecule has 1 aliphatic heterocycles. The van der Waals surface area contributed by atoms with Gasteiger partial charge in [0.2, 0.25) is 0 Å². The largest absolute Gasteiger partial charge is 0.444 e. The highest BCUT2D eigenvalue weighted by Gasteiger charge is 2.32. The Kier molecular flexibility index (Phi) is 4.20. The molecule has 3 N–H and O–H groups in total. The van der Waals surface area contributed by atoms with Crippen LogP contribution in [0.25, 0.3) is 0 Å². The van der Waals surface area contributed by atoms with Gasteiger partial charge in [0.05, 0.1) is 11.7 Å². The molecule has 0 aliphatic carbocycles. The van der Waals surface area contributed by atoms with Crippen molar-refractivity contribution < 1.29 is 14.3 Å². The van der Waals surface area contributed by atoms with Gasteiger partial charge in [0.15, 0.2) is 0 Å². The smallest absolute Gasteiger partial charge is 0.410 e. The number of carbonyl (C=O) groups is 2. The number of nitrogens with one attached hydrogen (secondary N) is 1. The Labute approximate surface area is 123 Å². The van der Waals surface area contributed by atoms with E-state index in [1.165, 1.54) is 0 Å². The van der Waals surface area contributed by atoms with E-state index >= 15 is 0 Å². The average molecular weight is 294 g/mol. The molecule has 1 aromatic rings. The van der Waals surface area contributed by atoms with Crippen LogP contribution >= 0.6 is 0 Å². The second kappa shape index (κ2) is 5.75. The third-order valence-electron chi connectivity index (χ3n) is 3.34. The summed E-state index contributed by atoms with van der Waals surface area (Å²) in [5.74, 6) is -0.586. The standard InChI is InChI=1S/C14H22N4O3/c1-14(2,3)21-13(20)18-7-5-4-6-11(18)9-8-10(12(15)19)17-16-9/h8,11H,4-7H2,1-3H3,(H2,15,19)(H,16,17)/t11-/m1/s1. The van der Waals surface area contributed by atoms with Gasteiger partial charge in [-0.05, 0) is 46.1 Å². The summed E-state index contributed by atoms with van der Waals surface area (Å²) in [6.07, 6.45) is 2.41. The predicted molar refractivity (Wildman–Crippen MR) is 76.6 cm³/mol. The van der Waals surface area contributed by atoms with Gasteiger partial charge in [-0.2, -0.15) is 5.10 Å². The summed E-state index contributed by atoms with van der Waals surface area (Å²) in [7, 11) is 0. The van der Waals surface area contributed by atoms with Crippen LogP contribution in [0.3, 0.4) is 0 Å². The fraction of sp³-hybridized carbons (Fsp3) is 0.643. The SMILES string of the molecule is CC(C)(C)OC(=O)N1CCCC[C@@H]1c1cc(C(N)=O)n[nH]1. The van der Waals surface area contributed by atoms with Crippen molar-refractivity contribution in [2.75, 3.05) is 6.54 Å². The number of likely N-dealkylation sites (tertiary alicyclic amines) is 1. The number of amides is 2. The zero-order chi connectivity index (χ0) is 15.6. The zero-order valence-corrected chi connectivity index (χ0v) is 12.7. The molecular formula is C14H22N4O3. The fourth-order valence-electron chi connectivity index (χ4n) is 2.43. The summed E-state index contributed by atoms with van der Waals surface area (Å²) in [5, 5.41) is 6.69. The van der Waals surface area contributed by atoms with Crippen molar-refractivity contribution in [3.8, 4) is 0 Å². The lowest BCUT2D eigenvalue weighted by atomic mass is 9.99. The summed E-state index contributed by atoms with van der Waals surface area (Å²) in [6.45, 7) is 6.15. The van der Waals surface area contributed by atoms with Gasteiger partial charge in [-0.15, -0.1) is 0 Å². The van der Waals surface area contributed by atoms with Crippen molar-refractivity contribution in [1.82, 2.24) is 15.1 Å². The van der Waals surface area contributed by atoms with E-state index in [0.717, 1.165) is 19.3 Å². The summed E-state index contributed by atoms with van der Waals surface area (Å²) in [4.78, 5) is 25.1. The highest BCUT2D eigenvalue weighted by molar-refractivity contribution is 5.90. The first kappa shape index (κ1) is 15.3. The zero-order valence-electron chi connectivity index (χ0n) is 12.7. The number of nitrogens with two attached hydrogens (primary N) is 1. The minimum Gasteiger partial charge on any atom is -0.444 e. The van der Waals surface area contributed by atoms with Crippen LogP contribution in [0.5, 0.6) is 0 Å². The molecule has 116 valence electrons. The van der Waals surface area contributed by atoms with Crippen molar-refractivity contribution in [3.63, 3.8) is 0 Å². The monoisotopic (exact) mass is 294 g/mol. The Morgan fingerprint density at radius 3 is 2.71 bits per heavy atom. The quantitative estimate of drug-likeness (QED) is 0.870. The predicted octanol–water partition coefficient (Wildman–Crippen LogP) is 1.97. The molecule has 0 radical (unpaired) electrons. The van der Waals surface area contributed by atoms with Crippen LogP contribution in [-0.4, -0.2) is 39.2 Å². The van der Waals surface area contributed by atoms with E-state index < -0.39 is 11.5 Å². The highest BCUT2D eigenvalue weighted by Crippen LogP contribution is 2.31. The van der Waals surface area contributed by atoms with Gasteiger partial charge < -0.3 is 10.5 Å². The molecule has 0 spiro atoms. The topological polar surface area (TPSA) is 101 Å². The van der Waals surface area contributed by atoms with Crippen LogP contribution in [0.15, 0.2) is 6.07 Å². The number of piperidine rings is 1. The second-order valence-corrected chi connectivity index (χ2v) is 6.26. The molecule has 1 atom stereocenters. The average Bonchev–Trinajstić information content (AvgIpc) is 2.86. The summed E-state index contributed by atoms with van der Waals surface area (Å²) >= 11 is 0. The molecule has 2 heterocycles. The summed E-state index contributed by atoms with van der Waals surface area (Å²) in [6, 6.07) is 1.45. The third kappa shape index (κ3) is 3.74. The highest BCUT2D eigenvalue weighted by atomic mass is 16.6. The molecule has 0 saturated carbocycles. The van der Waals surface area contributed by atoms with Gasteiger partial charge >= 0.3 is 6.09 Å². The molecule has 21 heavy (non-hydrogen) atoms. The maximum absolute atomic E-state index is 12.3. The van der Waals surface area contributed by atoms with E-state index in [1.807, 2.05) is 20.8 Å². The van der Waals surface area contributed by atoms with E-state index in [4.69, 9.17) is 10.5 Å². The first-order chi connectivity index (χ1) is 9.78. The van der Waals surface area contributed by atoms with E-state index in [1.54, 1.807) is 11.0 Å². The Morgan fingerprint density at radius 2 is 2.14 bits per heavy atom. The molecule has 0 aromatic carbocycles. The fourth-order valence-corrected chi connectivity index (χ4v) is 2.43. The summed E-state index contributed by atoms with van der Waals surface area (Å²) in [5.41, 5.74) is 5.57. The maximum atomic E-state index is 12.3. The molecule has 1 aromatic heterocycles. The first-order valence-electron chi connectivity index (χ1n) is 7.12. The number of hydrogen-bond donors (Lipinski definition) is 2. The van der Waals surface area contributed by atoms with Gasteiger partial charge in [0.1, 0.15) is 11.3 Å². The van der Waals surface area contributed by atoms with Crippen LogP contribution in [0.1, 0.15) is 62.3 Å². The summed E-state index contributed by atoms with van der Waals surface area (Å²) < 4.78 is 5.44.